The monoisotopic (exact) mass is 425 g/mol. The summed E-state index contributed by atoms with van der Waals surface area (Å²) >= 11 is 4.33. The van der Waals surface area contributed by atoms with Gasteiger partial charge in [0, 0.05) is 15.9 Å². The number of nitrogens with zero attached hydrogens (tertiary/aromatic N) is 1. The summed E-state index contributed by atoms with van der Waals surface area (Å²) in [5.74, 6) is -0.861. The summed E-state index contributed by atoms with van der Waals surface area (Å²) in [7, 11) is 0. The van der Waals surface area contributed by atoms with Crippen molar-refractivity contribution in [2.75, 3.05) is 17.7 Å². The molecule has 7 nitrogen and oxygen atoms in total. The molecule has 9 heteroatoms. The maximum absolute atomic E-state index is 12.1. The van der Waals surface area contributed by atoms with Crippen LogP contribution in [0.25, 0.3) is 0 Å². The van der Waals surface area contributed by atoms with Crippen LogP contribution in [-0.4, -0.2) is 34.2 Å². The molecule has 0 radical (unpaired) electrons. The van der Waals surface area contributed by atoms with Crippen LogP contribution in [0.2, 0.25) is 0 Å². The molecule has 25 heavy (non-hydrogen) atoms. The van der Waals surface area contributed by atoms with Crippen LogP contribution in [0.1, 0.15) is 23.0 Å². The molecule has 0 fully saturated rings. The van der Waals surface area contributed by atoms with Crippen molar-refractivity contribution in [2.24, 2.45) is 0 Å². The van der Waals surface area contributed by atoms with Crippen molar-refractivity contribution in [1.29, 1.82) is 0 Å². The van der Waals surface area contributed by atoms with Crippen molar-refractivity contribution in [2.45, 2.75) is 18.9 Å². The molecule has 1 heterocycles. The number of ether oxygens (including phenoxy) is 1. The lowest BCUT2D eigenvalue weighted by atomic mass is 10.2. The molecule has 0 saturated heterocycles. The number of carbonyl (C=O) groups excluding carboxylic acids is 2. The predicted molar refractivity (Wildman–Crippen MR) is 99.0 cm³/mol. The average Bonchev–Trinajstić information content (AvgIpc) is 2.54. The van der Waals surface area contributed by atoms with Gasteiger partial charge in [-0.25, -0.2) is 9.59 Å². The lowest BCUT2D eigenvalue weighted by Gasteiger charge is -2.10. The van der Waals surface area contributed by atoms with E-state index < -0.39 is 11.7 Å². The van der Waals surface area contributed by atoms with Crippen LogP contribution < -0.4 is 11.0 Å². The highest BCUT2D eigenvalue weighted by molar-refractivity contribution is 9.10. The summed E-state index contributed by atoms with van der Waals surface area (Å²) < 4.78 is 5.89. The first-order valence-corrected chi connectivity index (χ1v) is 9.14. The van der Waals surface area contributed by atoms with E-state index >= 15 is 0 Å². The van der Waals surface area contributed by atoms with E-state index in [4.69, 9.17) is 4.74 Å². The molecule has 2 aromatic rings. The fourth-order valence-electron chi connectivity index (χ4n) is 1.97. The minimum absolute atomic E-state index is 0.00162. The molecule has 0 spiro atoms. The molecule has 132 valence electrons. The number of halogens is 1. The third kappa shape index (κ3) is 5.43. The van der Waals surface area contributed by atoms with Gasteiger partial charge in [0.2, 0.25) is 5.91 Å². The molecule has 0 aliphatic rings. The van der Waals surface area contributed by atoms with Crippen LogP contribution in [0.5, 0.6) is 0 Å². The number of H-pyrrole nitrogens is 1. The first-order chi connectivity index (χ1) is 11.9. The van der Waals surface area contributed by atoms with Gasteiger partial charge in [-0.05, 0) is 38.1 Å². The number of thioether (sulfide) groups is 1. The summed E-state index contributed by atoms with van der Waals surface area (Å²) in [6, 6.07) is 7.13. The van der Waals surface area contributed by atoms with Gasteiger partial charge in [-0.15, -0.1) is 0 Å². The number of aromatic nitrogens is 2. The van der Waals surface area contributed by atoms with E-state index in [-0.39, 0.29) is 28.9 Å². The second-order valence-electron chi connectivity index (χ2n) is 4.91. The number of esters is 1. The Morgan fingerprint density at radius 1 is 1.32 bits per heavy atom. The standard InChI is InChI=1S/C16H16BrN3O4S/c1-3-24-15(22)13-9(2)18-16(23)20-14(13)25-8-12(21)19-11-6-4-10(17)5-7-11/h4-7H,3,8H2,1-2H3,(H,19,21)(H,18,20,23). The van der Waals surface area contributed by atoms with Crippen LogP contribution in [0.3, 0.4) is 0 Å². The van der Waals surface area contributed by atoms with Crippen molar-refractivity contribution in [3.63, 3.8) is 0 Å². The van der Waals surface area contributed by atoms with Gasteiger partial charge in [-0.2, -0.15) is 4.98 Å². The van der Waals surface area contributed by atoms with Crippen molar-refractivity contribution in [3.05, 3.63) is 50.5 Å². The highest BCUT2D eigenvalue weighted by atomic mass is 79.9. The Hall–Kier alpha value is -2.13. The highest BCUT2D eigenvalue weighted by Gasteiger charge is 2.20. The zero-order valence-corrected chi connectivity index (χ0v) is 16.0. The molecule has 0 unspecified atom stereocenters. The van der Waals surface area contributed by atoms with Crippen LogP contribution in [-0.2, 0) is 9.53 Å². The number of nitrogens with one attached hydrogen (secondary N) is 2. The lowest BCUT2D eigenvalue weighted by Crippen LogP contribution is -2.21. The third-order valence-electron chi connectivity index (χ3n) is 3.03. The van der Waals surface area contributed by atoms with Gasteiger partial charge in [0.15, 0.2) is 0 Å². The second kappa shape index (κ2) is 8.82. The number of hydrogen-bond donors (Lipinski definition) is 2. The molecular formula is C16H16BrN3O4S. The number of hydrogen-bond acceptors (Lipinski definition) is 6. The Morgan fingerprint density at radius 2 is 2.00 bits per heavy atom. The molecule has 2 rings (SSSR count). The van der Waals surface area contributed by atoms with E-state index in [1.54, 1.807) is 26.0 Å². The normalized spacial score (nSPS) is 10.4. The fourth-order valence-corrected chi connectivity index (χ4v) is 3.10. The van der Waals surface area contributed by atoms with Crippen LogP contribution >= 0.6 is 27.7 Å². The number of rotatable bonds is 6. The summed E-state index contributed by atoms with van der Waals surface area (Å²) in [6.45, 7) is 3.47. The zero-order chi connectivity index (χ0) is 18.4. The Morgan fingerprint density at radius 3 is 2.64 bits per heavy atom. The van der Waals surface area contributed by atoms with Crippen LogP contribution in [0.15, 0.2) is 38.6 Å². The highest BCUT2D eigenvalue weighted by Crippen LogP contribution is 2.22. The first-order valence-electron chi connectivity index (χ1n) is 7.37. The summed E-state index contributed by atoms with van der Waals surface area (Å²) in [4.78, 5) is 42.0. The number of aryl methyl sites for hydroxylation is 1. The van der Waals surface area contributed by atoms with E-state index in [0.717, 1.165) is 16.2 Å². The Bertz CT molecular complexity index is 836. The van der Waals surface area contributed by atoms with Gasteiger partial charge in [-0.3, -0.25) is 4.79 Å². The van der Waals surface area contributed by atoms with Gasteiger partial charge in [0.05, 0.1) is 12.4 Å². The van der Waals surface area contributed by atoms with Crippen LogP contribution in [0, 0.1) is 6.92 Å². The smallest absolute Gasteiger partial charge is 0.346 e. The number of anilines is 1. The number of aromatic amines is 1. The molecule has 1 aromatic heterocycles. The maximum Gasteiger partial charge on any atom is 0.346 e. The quantitative estimate of drug-likeness (QED) is 0.419. The van der Waals surface area contributed by atoms with Crippen molar-refractivity contribution in [1.82, 2.24) is 9.97 Å². The van der Waals surface area contributed by atoms with Gasteiger partial charge in [0.1, 0.15) is 10.6 Å². The molecule has 0 bridgehead atoms. The molecule has 0 aliphatic heterocycles. The Kier molecular flexibility index (Phi) is 6.77. The van der Waals surface area contributed by atoms with Gasteiger partial charge in [0.25, 0.3) is 0 Å². The molecule has 2 N–H and O–H groups in total. The Balaban J connectivity index is 2.11. The maximum atomic E-state index is 12.1. The average molecular weight is 426 g/mol. The molecular weight excluding hydrogens is 410 g/mol. The van der Waals surface area contributed by atoms with Crippen molar-refractivity contribution < 1.29 is 14.3 Å². The zero-order valence-electron chi connectivity index (χ0n) is 13.6. The van der Waals surface area contributed by atoms with E-state index in [9.17, 15) is 14.4 Å². The molecule has 0 aliphatic carbocycles. The first kappa shape index (κ1) is 19.2. The number of benzene rings is 1. The predicted octanol–water partition coefficient (Wildman–Crippen LogP) is 2.75. The summed E-state index contributed by atoms with van der Waals surface area (Å²) in [5, 5.41) is 2.90. The van der Waals surface area contributed by atoms with E-state index in [1.807, 2.05) is 12.1 Å². The van der Waals surface area contributed by atoms with Gasteiger partial charge < -0.3 is 15.0 Å². The number of amides is 1. The van der Waals surface area contributed by atoms with Gasteiger partial charge >= 0.3 is 11.7 Å². The van der Waals surface area contributed by atoms with E-state index in [2.05, 4.69) is 31.2 Å². The van der Waals surface area contributed by atoms with E-state index in [1.165, 1.54) is 0 Å². The lowest BCUT2D eigenvalue weighted by molar-refractivity contribution is -0.113. The number of carbonyl (C=O) groups is 2. The summed E-state index contributed by atoms with van der Waals surface area (Å²) in [5.41, 5.74) is 0.591. The van der Waals surface area contributed by atoms with E-state index in [0.29, 0.717) is 11.4 Å². The van der Waals surface area contributed by atoms with Gasteiger partial charge in [-0.1, -0.05) is 27.7 Å². The minimum atomic E-state index is -0.584. The minimum Gasteiger partial charge on any atom is -0.462 e. The topological polar surface area (TPSA) is 101 Å². The molecule has 1 amide bonds. The largest absolute Gasteiger partial charge is 0.462 e. The molecule has 0 atom stereocenters. The fraction of sp³-hybridized carbons (Fsp3) is 0.250. The SMILES string of the molecule is CCOC(=O)c1c(SCC(=O)Nc2ccc(Br)cc2)nc(=O)[nH]c1C. The summed E-state index contributed by atoms with van der Waals surface area (Å²) in [6.07, 6.45) is 0. The molecule has 1 aromatic carbocycles. The third-order valence-corrected chi connectivity index (χ3v) is 4.54. The van der Waals surface area contributed by atoms with Crippen molar-refractivity contribution in [3.8, 4) is 0 Å². The van der Waals surface area contributed by atoms with Crippen LogP contribution in [0.4, 0.5) is 5.69 Å². The second-order valence-corrected chi connectivity index (χ2v) is 6.79. The van der Waals surface area contributed by atoms with Crippen molar-refractivity contribution >= 4 is 45.3 Å². The molecule has 0 saturated carbocycles. The Labute approximate surface area is 156 Å².